The van der Waals surface area contributed by atoms with Crippen molar-refractivity contribution in [1.82, 2.24) is 10.2 Å². The van der Waals surface area contributed by atoms with Crippen molar-refractivity contribution >= 4 is 11.9 Å². The van der Waals surface area contributed by atoms with Gasteiger partial charge >= 0.3 is 5.97 Å². The molecule has 6 heteroatoms. The first-order valence-corrected chi connectivity index (χ1v) is 8.80. The number of esters is 1. The van der Waals surface area contributed by atoms with Gasteiger partial charge in [-0.05, 0) is 55.8 Å². The van der Waals surface area contributed by atoms with Gasteiger partial charge in [-0.25, -0.2) is 9.18 Å². The van der Waals surface area contributed by atoms with Crippen LogP contribution in [-0.4, -0.2) is 43.5 Å². The van der Waals surface area contributed by atoms with E-state index in [-0.39, 0.29) is 23.7 Å². The number of benzene rings is 2. The number of ether oxygens (including phenoxy) is 1. The third-order valence-electron chi connectivity index (χ3n) is 4.55. The van der Waals surface area contributed by atoms with E-state index in [1.165, 1.54) is 19.2 Å². The van der Waals surface area contributed by atoms with Gasteiger partial charge in [-0.3, -0.25) is 9.69 Å². The van der Waals surface area contributed by atoms with Gasteiger partial charge in [0.05, 0.1) is 18.7 Å². The maximum atomic E-state index is 12.9. The zero-order valence-electron chi connectivity index (χ0n) is 15.9. The molecule has 1 unspecified atom stereocenters. The molecule has 0 aromatic heterocycles. The molecule has 0 spiro atoms. The average molecular weight is 372 g/mol. The molecule has 0 radical (unpaired) electrons. The van der Waals surface area contributed by atoms with Crippen LogP contribution in [0.2, 0.25) is 0 Å². The molecule has 0 bridgehead atoms. The Bertz CT molecular complexity index is 760. The van der Waals surface area contributed by atoms with Crippen molar-refractivity contribution in [3.8, 4) is 0 Å². The molecule has 0 saturated heterocycles. The number of nitrogens with one attached hydrogen (secondary N) is 1. The molecule has 0 saturated carbocycles. The van der Waals surface area contributed by atoms with Crippen LogP contribution >= 0.6 is 0 Å². The second kappa shape index (κ2) is 9.83. The lowest BCUT2D eigenvalue weighted by molar-refractivity contribution is -0.125. The van der Waals surface area contributed by atoms with Crippen LogP contribution in [0.1, 0.15) is 28.4 Å². The summed E-state index contributed by atoms with van der Waals surface area (Å²) in [4.78, 5) is 25.7. The van der Waals surface area contributed by atoms with Crippen LogP contribution in [-0.2, 0) is 22.5 Å². The van der Waals surface area contributed by atoms with Gasteiger partial charge in [0.25, 0.3) is 0 Å². The molecule has 144 valence electrons. The number of halogens is 1. The van der Waals surface area contributed by atoms with Gasteiger partial charge in [-0.15, -0.1) is 0 Å². The van der Waals surface area contributed by atoms with Crippen LogP contribution in [0, 0.1) is 5.82 Å². The third-order valence-corrected chi connectivity index (χ3v) is 4.55. The summed E-state index contributed by atoms with van der Waals surface area (Å²) in [6.07, 6.45) is 0.739. The van der Waals surface area contributed by atoms with E-state index in [2.05, 4.69) is 10.1 Å². The topological polar surface area (TPSA) is 58.6 Å². The quantitative estimate of drug-likeness (QED) is 0.724. The van der Waals surface area contributed by atoms with Crippen molar-refractivity contribution in [2.45, 2.75) is 25.9 Å². The van der Waals surface area contributed by atoms with E-state index < -0.39 is 0 Å². The minimum absolute atomic E-state index is 0.0753. The molecule has 2 rings (SSSR count). The molecule has 0 fully saturated rings. The van der Waals surface area contributed by atoms with Crippen molar-refractivity contribution in [3.63, 3.8) is 0 Å². The number of amides is 1. The Morgan fingerprint density at radius 3 is 2.26 bits per heavy atom. The summed E-state index contributed by atoms with van der Waals surface area (Å²) in [5.74, 6) is -0.713. The van der Waals surface area contributed by atoms with Gasteiger partial charge in [-0.1, -0.05) is 24.3 Å². The van der Waals surface area contributed by atoms with E-state index in [1.807, 2.05) is 18.9 Å². The fourth-order valence-corrected chi connectivity index (χ4v) is 2.56. The Hall–Kier alpha value is -2.73. The number of methoxy groups -OCH3 is 1. The van der Waals surface area contributed by atoms with Gasteiger partial charge in [0.2, 0.25) is 5.91 Å². The number of rotatable bonds is 8. The fourth-order valence-electron chi connectivity index (χ4n) is 2.56. The van der Waals surface area contributed by atoms with Crippen molar-refractivity contribution in [3.05, 3.63) is 71.0 Å². The molecular weight excluding hydrogens is 347 g/mol. The molecule has 2 aromatic carbocycles. The highest BCUT2D eigenvalue weighted by Crippen LogP contribution is 2.07. The van der Waals surface area contributed by atoms with Crippen molar-refractivity contribution in [2.24, 2.45) is 0 Å². The highest BCUT2D eigenvalue weighted by molar-refractivity contribution is 5.89. The second-order valence-corrected chi connectivity index (χ2v) is 6.44. The molecule has 0 aliphatic heterocycles. The van der Waals surface area contributed by atoms with Gasteiger partial charge in [-0.2, -0.15) is 0 Å². The second-order valence-electron chi connectivity index (χ2n) is 6.44. The van der Waals surface area contributed by atoms with E-state index in [9.17, 15) is 14.0 Å². The third kappa shape index (κ3) is 6.18. The molecule has 5 nitrogen and oxygen atoms in total. The molecule has 1 atom stereocenters. The largest absolute Gasteiger partial charge is 0.465 e. The standard InChI is InChI=1S/C21H25FN2O3/c1-15(24(2)13-12-16-6-10-19(22)11-7-16)20(25)23-14-17-4-8-18(9-5-17)21(26)27-3/h4-11,15H,12-14H2,1-3H3,(H,23,25). The monoisotopic (exact) mass is 372 g/mol. The Morgan fingerprint density at radius 1 is 1.07 bits per heavy atom. The number of carbonyl (C=O) groups is 2. The number of carbonyl (C=O) groups excluding carboxylic acids is 2. The van der Waals surface area contributed by atoms with Crippen LogP contribution < -0.4 is 5.32 Å². The summed E-state index contributed by atoms with van der Waals surface area (Å²) in [6.45, 7) is 2.92. The predicted molar refractivity (Wildman–Crippen MR) is 102 cm³/mol. The summed E-state index contributed by atoms with van der Waals surface area (Å²) >= 11 is 0. The summed E-state index contributed by atoms with van der Waals surface area (Å²) in [5.41, 5.74) is 2.40. The summed E-state index contributed by atoms with van der Waals surface area (Å²) < 4.78 is 17.6. The summed E-state index contributed by atoms with van der Waals surface area (Å²) in [7, 11) is 3.23. The first-order chi connectivity index (χ1) is 12.9. The molecule has 0 aliphatic rings. The molecule has 0 aliphatic carbocycles. The molecule has 27 heavy (non-hydrogen) atoms. The van der Waals surface area contributed by atoms with E-state index in [0.29, 0.717) is 18.7 Å². The first kappa shape index (κ1) is 20.6. The van der Waals surface area contributed by atoms with Crippen LogP contribution in [0.5, 0.6) is 0 Å². The lowest BCUT2D eigenvalue weighted by atomic mass is 10.1. The molecule has 1 amide bonds. The zero-order chi connectivity index (χ0) is 19.8. The maximum Gasteiger partial charge on any atom is 0.337 e. The van der Waals surface area contributed by atoms with E-state index in [1.54, 1.807) is 36.4 Å². The van der Waals surface area contributed by atoms with Gasteiger partial charge in [0.1, 0.15) is 5.82 Å². The highest BCUT2D eigenvalue weighted by atomic mass is 19.1. The molecule has 2 aromatic rings. The maximum absolute atomic E-state index is 12.9. The number of likely N-dealkylation sites (N-methyl/N-ethyl adjacent to an activating group) is 1. The molecule has 0 heterocycles. The van der Waals surface area contributed by atoms with E-state index >= 15 is 0 Å². The van der Waals surface area contributed by atoms with Gasteiger partial charge in [0, 0.05) is 13.1 Å². The van der Waals surface area contributed by atoms with Crippen LogP contribution in [0.25, 0.3) is 0 Å². The minimum atomic E-state index is -0.387. The normalized spacial score (nSPS) is 11.9. The number of nitrogens with zero attached hydrogens (tertiary/aromatic N) is 1. The van der Waals surface area contributed by atoms with Crippen molar-refractivity contribution in [2.75, 3.05) is 20.7 Å². The SMILES string of the molecule is COC(=O)c1ccc(CNC(=O)C(C)N(C)CCc2ccc(F)cc2)cc1. The first-order valence-electron chi connectivity index (χ1n) is 8.80. The minimum Gasteiger partial charge on any atom is -0.465 e. The van der Waals surface area contributed by atoms with Crippen molar-refractivity contribution in [1.29, 1.82) is 0 Å². The van der Waals surface area contributed by atoms with Crippen molar-refractivity contribution < 1.29 is 18.7 Å². The van der Waals surface area contributed by atoms with Gasteiger partial charge < -0.3 is 10.1 Å². The molecule has 1 N–H and O–H groups in total. The Labute approximate surface area is 159 Å². The zero-order valence-corrected chi connectivity index (χ0v) is 15.9. The Balaban J connectivity index is 1.80. The van der Waals surface area contributed by atoms with E-state index in [4.69, 9.17) is 0 Å². The average Bonchev–Trinajstić information content (AvgIpc) is 2.70. The van der Waals surface area contributed by atoms with Crippen LogP contribution in [0.4, 0.5) is 4.39 Å². The highest BCUT2D eigenvalue weighted by Gasteiger charge is 2.17. The van der Waals surface area contributed by atoms with Gasteiger partial charge in [0.15, 0.2) is 0 Å². The summed E-state index contributed by atoms with van der Waals surface area (Å²) in [5, 5.41) is 2.90. The summed E-state index contributed by atoms with van der Waals surface area (Å²) in [6, 6.07) is 13.0. The van der Waals surface area contributed by atoms with Crippen LogP contribution in [0.3, 0.4) is 0 Å². The number of hydrogen-bond donors (Lipinski definition) is 1. The Kier molecular flexibility index (Phi) is 7.49. The smallest absolute Gasteiger partial charge is 0.337 e. The fraction of sp³-hybridized carbons (Fsp3) is 0.333. The predicted octanol–water partition coefficient (Wildman–Crippen LogP) is 2.79. The molecular formula is C21H25FN2O3. The Morgan fingerprint density at radius 2 is 1.67 bits per heavy atom. The number of hydrogen-bond acceptors (Lipinski definition) is 4. The lowest BCUT2D eigenvalue weighted by Crippen LogP contribution is -2.43. The van der Waals surface area contributed by atoms with Crippen LogP contribution in [0.15, 0.2) is 48.5 Å². The van der Waals surface area contributed by atoms with E-state index in [0.717, 1.165) is 17.5 Å². The lowest BCUT2D eigenvalue weighted by Gasteiger charge is -2.24.